The first-order chi connectivity index (χ1) is 12.1. The molecule has 0 unspecified atom stereocenters. The van der Waals surface area contributed by atoms with Crippen LogP contribution in [0.3, 0.4) is 0 Å². The highest BCUT2D eigenvalue weighted by Gasteiger charge is 2.22. The number of piperidine rings is 1. The minimum absolute atomic E-state index is 0.276. The zero-order valence-electron chi connectivity index (χ0n) is 15.2. The number of likely N-dealkylation sites (tertiary alicyclic amines) is 1. The van der Waals surface area contributed by atoms with Crippen LogP contribution in [-0.4, -0.2) is 44.1 Å². The molecule has 0 bridgehead atoms. The minimum Gasteiger partial charge on any atom is -0.465 e. The highest BCUT2D eigenvalue weighted by Crippen LogP contribution is 2.36. The standard InChI is InChI=1S/C18H24N4O2S/c1-5-14(16-12(2)15(10-25-16)17(23)24-4)13-6-8-22(9-7-13)18(20-3)21-11-19/h10H,5-9H2,1-4H3,(H,20,21). The number of nitrogens with one attached hydrogen (secondary N) is 1. The van der Waals surface area contributed by atoms with Crippen LogP contribution in [0.1, 0.15) is 47.0 Å². The van der Waals surface area contributed by atoms with E-state index in [1.54, 1.807) is 18.4 Å². The smallest absolute Gasteiger partial charge is 0.338 e. The summed E-state index contributed by atoms with van der Waals surface area (Å²) in [6, 6.07) is 0. The Labute approximate surface area is 152 Å². The maximum absolute atomic E-state index is 11.9. The average Bonchev–Trinajstić information content (AvgIpc) is 3.02. The lowest BCUT2D eigenvalue weighted by atomic mass is 9.93. The van der Waals surface area contributed by atoms with Gasteiger partial charge in [-0.15, -0.1) is 11.3 Å². The van der Waals surface area contributed by atoms with E-state index in [0.717, 1.165) is 37.9 Å². The largest absolute Gasteiger partial charge is 0.465 e. The van der Waals surface area contributed by atoms with Gasteiger partial charge < -0.3 is 9.64 Å². The monoisotopic (exact) mass is 360 g/mol. The van der Waals surface area contributed by atoms with Crippen LogP contribution in [0.2, 0.25) is 0 Å². The summed E-state index contributed by atoms with van der Waals surface area (Å²) < 4.78 is 4.86. The first-order valence-electron chi connectivity index (χ1n) is 8.31. The summed E-state index contributed by atoms with van der Waals surface area (Å²) in [5.41, 5.74) is 4.42. The van der Waals surface area contributed by atoms with Crippen LogP contribution < -0.4 is 5.32 Å². The zero-order chi connectivity index (χ0) is 18.4. The SMILES string of the molecule is CCC(=C1CCN(C(=NC)NC#N)CC1)c1scc(C(=O)OC)c1C. The lowest BCUT2D eigenvalue weighted by Gasteiger charge is -2.31. The van der Waals surface area contributed by atoms with Gasteiger partial charge in [0.05, 0.1) is 12.7 Å². The number of hydrogen-bond donors (Lipinski definition) is 1. The number of rotatable bonds is 3. The van der Waals surface area contributed by atoms with Gasteiger partial charge in [0, 0.05) is 30.4 Å². The lowest BCUT2D eigenvalue weighted by molar-refractivity contribution is 0.0600. The Hall–Kier alpha value is -2.33. The van der Waals surface area contributed by atoms with Crippen molar-refractivity contribution in [2.75, 3.05) is 27.2 Å². The molecule has 0 spiro atoms. The molecule has 2 heterocycles. The molecule has 1 aliphatic rings. The third-order valence-corrected chi connectivity index (χ3v) is 5.69. The maximum Gasteiger partial charge on any atom is 0.338 e. The number of aliphatic imine (C=N–C) groups is 1. The number of carbonyl (C=O) groups excluding carboxylic acids is 1. The second-order valence-corrected chi connectivity index (χ2v) is 6.68. The topological polar surface area (TPSA) is 77.7 Å². The Kier molecular flexibility index (Phi) is 6.59. The number of thiophene rings is 1. The highest BCUT2D eigenvalue weighted by molar-refractivity contribution is 7.11. The predicted molar refractivity (Wildman–Crippen MR) is 101 cm³/mol. The van der Waals surface area contributed by atoms with Gasteiger partial charge in [0.1, 0.15) is 0 Å². The van der Waals surface area contributed by atoms with Gasteiger partial charge in [0.25, 0.3) is 0 Å². The quantitative estimate of drug-likeness (QED) is 0.294. The van der Waals surface area contributed by atoms with Gasteiger partial charge in [0.15, 0.2) is 6.19 Å². The molecule has 0 radical (unpaired) electrons. The summed E-state index contributed by atoms with van der Waals surface area (Å²) in [5.74, 6) is 0.349. The number of hydrogen-bond acceptors (Lipinski definition) is 5. The Balaban J connectivity index is 2.23. The van der Waals surface area contributed by atoms with E-state index in [9.17, 15) is 4.79 Å². The van der Waals surface area contributed by atoms with Gasteiger partial charge >= 0.3 is 5.97 Å². The molecule has 7 heteroatoms. The molecule has 6 nitrogen and oxygen atoms in total. The first-order valence-corrected chi connectivity index (χ1v) is 9.19. The second kappa shape index (κ2) is 8.67. The maximum atomic E-state index is 11.9. The van der Waals surface area contributed by atoms with Crippen LogP contribution in [0.4, 0.5) is 0 Å². The van der Waals surface area contributed by atoms with Crippen LogP contribution in [0.15, 0.2) is 15.9 Å². The highest BCUT2D eigenvalue weighted by atomic mass is 32.1. The van der Waals surface area contributed by atoms with Gasteiger partial charge in [-0.3, -0.25) is 10.3 Å². The fourth-order valence-corrected chi connectivity index (χ4v) is 4.44. The summed E-state index contributed by atoms with van der Waals surface area (Å²) in [6.45, 7) is 5.80. The van der Waals surface area contributed by atoms with E-state index in [1.807, 2.05) is 18.5 Å². The molecule has 25 heavy (non-hydrogen) atoms. The molecule has 0 saturated carbocycles. The van der Waals surface area contributed by atoms with Gasteiger partial charge in [-0.1, -0.05) is 12.5 Å². The van der Waals surface area contributed by atoms with Crippen molar-refractivity contribution < 1.29 is 9.53 Å². The van der Waals surface area contributed by atoms with E-state index >= 15 is 0 Å². The summed E-state index contributed by atoms with van der Waals surface area (Å²) >= 11 is 1.61. The van der Waals surface area contributed by atoms with Crippen LogP contribution >= 0.6 is 11.3 Å². The van der Waals surface area contributed by atoms with Crippen molar-refractivity contribution in [1.29, 1.82) is 5.26 Å². The van der Waals surface area contributed by atoms with Crippen molar-refractivity contribution in [1.82, 2.24) is 10.2 Å². The molecule has 2 rings (SSSR count). The number of guanidine groups is 1. The third kappa shape index (κ3) is 4.02. The molecule has 1 aliphatic heterocycles. The van der Waals surface area contributed by atoms with Gasteiger partial charge in [0.2, 0.25) is 5.96 Å². The van der Waals surface area contributed by atoms with Crippen molar-refractivity contribution in [2.24, 2.45) is 4.99 Å². The molecule has 134 valence electrons. The molecule has 0 atom stereocenters. The molecule has 0 aromatic carbocycles. The van der Waals surface area contributed by atoms with Crippen LogP contribution in [0.5, 0.6) is 0 Å². The average molecular weight is 360 g/mol. The fraction of sp³-hybridized carbons (Fsp3) is 0.500. The summed E-state index contributed by atoms with van der Waals surface area (Å²) in [6.07, 6.45) is 4.73. The molecular weight excluding hydrogens is 336 g/mol. The Morgan fingerprint density at radius 3 is 2.68 bits per heavy atom. The molecule has 1 aromatic heterocycles. The predicted octanol–water partition coefficient (Wildman–Crippen LogP) is 3.16. The number of nitrogens with zero attached hydrogens (tertiary/aromatic N) is 3. The number of carbonyl (C=O) groups is 1. The number of allylic oxidation sites excluding steroid dienone is 1. The van der Waals surface area contributed by atoms with E-state index in [-0.39, 0.29) is 5.97 Å². The van der Waals surface area contributed by atoms with Gasteiger partial charge in [-0.05, 0) is 37.3 Å². The van der Waals surface area contributed by atoms with Crippen LogP contribution in [0.25, 0.3) is 5.57 Å². The van der Waals surface area contributed by atoms with Crippen molar-refractivity contribution in [2.45, 2.75) is 33.1 Å². The Bertz CT molecular complexity index is 733. The second-order valence-electron chi connectivity index (χ2n) is 5.80. The molecule has 1 fully saturated rings. The number of esters is 1. The van der Waals surface area contributed by atoms with Crippen molar-refractivity contribution in [3.63, 3.8) is 0 Å². The van der Waals surface area contributed by atoms with E-state index in [1.165, 1.54) is 23.1 Å². The van der Waals surface area contributed by atoms with Gasteiger partial charge in [-0.2, -0.15) is 5.26 Å². The van der Waals surface area contributed by atoms with Crippen LogP contribution in [0, 0.1) is 18.4 Å². The molecular formula is C18H24N4O2S. The van der Waals surface area contributed by atoms with Crippen LogP contribution in [-0.2, 0) is 4.74 Å². The van der Waals surface area contributed by atoms with E-state index in [0.29, 0.717) is 11.5 Å². The van der Waals surface area contributed by atoms with E-state index in [4.69, 9.17) is 10.00 Å². The first kappa shape index (κ1) is 19.0. The molecule has 0 aliphatic carbocycles. The normalized spacial score (nSPS) is 14.9. The lowest BCUT2D eigenvalue weighted by Crippen LogP contribution is -2.42. The number of nitriles is 1. The molecule has 0 amide bonds. The van der Waals surface area contributed by atoms with E-state index in [2.05, 4.69) is 22.1 Å². The molecule has 1 aromatic rings. The Morgan fingerprint density at radius 2 is 2.16 bits per heavy atom. The number of methoxy groups -OCH3 is 1. The van der Waals surface area contributed by atoms with Gasteiger partial charge in [-0.25, -0.2) is 4.79 Å². The molecule has 1 N–H and O–H groups in total. The zero-order valence-corrected chi connectivity index (χ0v) is 16.0. The summed E-state index contributed by atoms with van der Waals surface area (Å²) in [5, 5.41) is 13.3. The Morgan fingerprint density at radius 1 is 1.48 bits per heavy atom. The van der Waals surface area contributed by atoms with Crippen molar-refractivity contribution >= 4 is 28.8 Å². The number of ether oxygens (including phenoxy) is 1. The fourth-order valence-electron chi connectivity index (χ4n) is 3.21. The van der Waals surface area contributed by atoms with Crippen molar-refractivity contribution in [3.8, 4) is 6.19 Å². The summed E-state index contributed by atoms with van der Waals surface area (Å²) in [7, 11) is 3.10. The third-order valence-electron chi connectivity index (χ3n) is 4.54. The molecule has 1 saturated heterocycles. The van der Waals surface area contributed by atoms with Crippen molar-refractivity contribution in [3.05, 3.63) is 27.0 Å². The summed E-state index contributed by atoms with van der Waals surface area (Å²) in [4.78, 5) is 19.3. The minimum atomic E-state index is -0.276. The van der Waals surface area contributed by atoms with E-state index < -0.39 is 0 Å².